The molecule has 3 nitrogen and oxygen atoms in total. The second-order valence-corrected chi connectivity index (χ2v) is 6.79. The number of hydrogen-bond acceptors (Lipinski definition) is 2. The van der Waals surface area contributed by atoms with Gasteiger partial charge in [0.25, 0.3) is 0 Å². The van der Waals surface area contributed by atoms with Gasteiger partial charge >= 0.3 is 0 Å². The van der Waals surface area contributed by atoms with Crippen LogP contribution in [0, 0.1) is 19.8 Å². The molecule has 124 valence electrons. The van der Waals surface area contributed by atoms with Gasteiger partial charge in [-0.15, -0.1) is 0 Å². The molecular formula is C21H24N2O. The van der Waals surface area contributed by atoms with Crippen LogP contribution < -0.4 is 0 Å². The van der Waals surface area contributed by atoms with Gasteiger partial charge in [0.1, 0.15) is 0 Å². The fourth-order valence-corrected chi connectivity index (χ4v) is 2.92. The van der Waals surface area contributed by atoms with E-state index >= 15 is 0 Å². The third-order valence-corrected chi connectivity index (χ3v) is 4.33. The molecule has 0 spiro atoms. The summed E-state index contributed by atoms with van der Waals surface area (Å²) in [6.45, 7) is 8.50. The van der Waals surface area contributed by atoms with Gasteiger partial charge in [-0.05, 0) is 55.0 Å². The molecule has 1 N–H and O–H groups in total. The number of aromatic hydroxyl groups is 1. The highest BCUT2D eigenvalue weighted by atomic mass is 16.3. The highest BCUT2D eigenvalue weighted by Crippen LogP contribution is 2.35. The molecule has 0 aliphatic carbocycles. The minimum absolute atomic E-state index is 0.208. The van der Waals surface area contributed by atoms with Crippen LogP contribution in [0.3, 0.4) is 0 Å². The first-order chi connectivity index (χ1) is 11.5. The summed E-state index contributed by atoms with van der Waals surface area (Å²) in [4.78, 5) is 0. The third kappa shape index (κ3) is 3.07. The van der Waals surface area contributed by atoms with E-state index < -0.39 is 0 Å². The lowest BCUT2D eigenvalue weighted by molar-refractivity contribution is 0.435. The Balaban J connectivity index is 2.18. The Bertz CT molecular complexity index is 848. The van der Waals surface area contributed by atoms with Crippen LogP contribution in [0.5, 0.6) is 5.88 Å². The zero-order valence-electron chi connectivity index (χ0n) is 14.7. The second kappa shape index (κ2) is 6.52. The van der Waals surface area contributed by atoms with E-state index in [1.54, 1.807) is 4.68 Å². The van der Waals surface area contributed by atoms with Crippen molar-refractivity contribution < 1.29 is 5.11 Å². The summed E-state index contributed by atoms with van der Waals surface area (Å²) in [6.07, 6.45) is 0.829. The van der Waals surface area contributed by atoms with Gasteiger partial charge in [0.15, 0.2) is 0 Å². The normalized spacial score (nSPS) is 11.2. The standard InChI is InChI=1S/C21H24N2O/c1-14(2)12-19-20(17-8-6-5-7-9-17)21(24)23(22-19)18-11-10-15(3)16(4)13-18/h5-11,13-14,24H,12H2,1-4H3. The molecule has 0 saturated carbocycles. The molecule has 24 heavy (non-hydrogen) atoms. The van der Waals surface area contributed by atoms with Crippen molar-refractivity contribution in [3.63, 3.8) is 0 Å². The van der Waals surface area contributed by atoms with Gasteiger partial charge in [-0.3, -0.25) is 0 Å². The highest BCUT2D eigenvalue weighted by molar-refractivity contribution is 5.72. The summed E-state index contributed by atoms with van der Waals surface area (Å²) in [5, 5.41) is 15.6. The van der Waals surface area contributed by atoms with Crippen molar-refractivity contribution in [2.75, 3.05) is 0 Å². The molecule has 0 unspecified atom stereocenters. The summed E-state index contributed by atoms with van der Waals surface area (Å²) in [5.74, 6) is 0.676. The van der Waals surface area contributed by atoms with Gasteiger partial charge in [0.05, 0.1) is 16.9 Å². The summed E-state index contributed by atoms with van der Waals surface area (Å²) in [6, 6.07) is 16.1. The van der Waals surface area contributed by atoms with Crippen molar-refractivity contribution in [2.45, 2.75) is 34.1 Å². The summed E-state index contributed by atoms with van der Waals surface area (Å²) in [5.41, 5.74) is 6.09. The molecule has 0 radical (unpaired) electrons. The first-order valence-corrected chi connectivity index (χ1v) is 8.41. The summed E-state index contributed by atoms with van der Waals surface area (Å²) in [7, 11) is 0. The van der Waals surface area contributed by atoms with Gasteiger partial charge in [-0.2, -0.15) is 5.10 Å². The molecule has 0 bridgehead atoms. The predicted molar refractivity (Wildman–Crippen MR) is 98.7 cm³/mol. The first-order valence-electron chi connectivity index (χ1n) is 8.41. The number of aromatic nitrogens is 2. The van der Waals surface area contributed by atoms with Gasteiger partial charge < -0.3 is 5.11 Å². The Labute approximate surface area is 143 Å². The lowest BCUT2D eigenvalue weighted by Gasteiger charge is -2.07. The molecule has 3 heteroatoms. The van der Waals surface area contributed by atoms with E-state index in [9.17, 15) is 5.11 Å². The second-order valence-electron chi connectivity index (χ2n) is 6.79. The van der Waals surface area contributed by atoms with Crippen molar-refractivity contribution in [3.8, 4) is 22.7 Å². The van der Waals surface area contributed by atoms with Crippen LogP contribution in [-0.4, -0.2) is 14.9 Å². The van der Waals surface area contributed by atoms with Crippen LogP contribution in [0.4, 0.5) is 0 Å². The number of aryl methyl sites for hydroxylation is 2. The van der Waals surface area contributed by atoms with E-state index in [2.05, 4.69) is 39.8 Å². The maximum absolute atomic E-state index is 10.9. The maximum atomic E-state index is 10.9. The monoisotopic (exact) mass is 320 g/mol. The van der Waals surface area contributed by atoms with Crippen LogP contribution in [0.25, 0.3) is 16.8 Å². The lowest BCUT2D eigenvalue weighted by Crippen LogP contribution is -2.00. The van der Waals surface area contributed by atoms with Crippen LogP contribution in [0.15, 0.2) is 48.5 Å². The fourth-order valence-electron chi connectivity index (χ4n) is 2.92. The lowest BCUT2D eigenvalue weighted by atomic mass is 10.00. The van der Waals surface area contributed by atoms with Gasteiger partial charge in [-0.25, -0.2) is 4.68 Å². The molecule has 0 saturated heterocycles. The zero-order valence-corrected chi connectivity index (χ0v) is 14.7. The molecule has 3 rings (SSSR count). The molecule has 0 fully saturated rings. The Kier molecular flexibility index (Phi) is 4.43. The fraction of sp³-hybridized carbons (Fsp3) is 0.286. The van der Waals surface area contributed by atoms with E-state index in [1.165, 1.54) is 11.1 Å². The zero-order chi connectivity index (χ0) is 17.3. The predicted octanol–water partition coefficient (Wildman–Crippen LogP) is 5.06. The molecule has 2 aromatic carbocycles. The van der Waals surface area contributed by atoms with Crippen molar-refractivity contribution in [2.24, 2.45) is 5.92 Å². The molecular weight excluding hydrogens is 296 g/mol. The smallest absolute Gasteiger partial charge is 0.222 e. The van der Waals surface area contributed by atoms with Gasteiger partial charge in [0, 0.05) is 0 Å². The van der Waals surface area contributed by atoms with Crippen molar-refractivity contribution in [1.82, 2.24) is 9.78 Å². The number of nitrogens with zero attached hydrogens (tertiary/aromatic N) is 2. The largest absolute Gasteiger partial charge is 0.493 e. The van der Waals surface area contributed by atoms with E-state index in [1.807, 2.05) is 36.4 Å². The van der Waals surface area contributed by atoms with Crippen LogP contribution in [0.1, 0.15) is 30.7 Å². The SMILES string of the molecule is Cc1ccc(-n2nc(CC(C)C)c(-c3ccccc3)c2O)cc1C. The third-order valence-electron chi connectivity index (χ3n) is 4.33. The number of benzene rings is 2. The Hall–Kier alpha value is -2.55. The molecule has 1 aromatic heterocycles. The number of hydrogen-bond donors (Lipinski definition) is 1. The molecule has 0 aliphatic heterocycles. The first kappa shape index (κ1) is 16.3. The summed E-state index contributed by atoms with van der Waals surface area (Å²) < 4.78 is 1.66. The average molecular weight is 320 g/mol. The van der Waals surface area contributed by atoms with E-state index in [0.29, 0.717) is 5.92 Å². The molecule has 1 heterocycles. The van der Waals surface area contributed by atoms with Crippen molar-refractivity contribution >= 4 is 0 Å². The van der Waals surface area contributed by atoms with Crippen LogP contribution >= 0.6 is 0 Å². The molecule has 3 aromatic rings. The summed E-state index contributed by atoms with van der Waals surface area (Å²) >= 11 is 0. The quantitative estimate of drug-likeness (QED) is 0.729. The Morgan fingerprint density at radius 1 is 1.00 bits per heavy atom. The Morgan fingerprint density at radius 3 is 2.33 bits per heavy atom. The topological polar surface area (TPSA) is 38.0 Å². The van der Waals surface area contributed by atoms with E-state index in [0.717, 1.165) is 28.9 Å². The molecule has 0 aliphatic rings. The highest BCUT2D eigenvalue weighted by Gasteiger charge is 2.20. The van der Waals surface area contributed by atoms with Crippen molar-refractivity contribution in [3.05, 3.63) is 65.4 Å². The van der Waals surface area contributed by atoms with Crippen LogP contribution in [0.2, 0.25) is 0 Å². The average Bonchev–Trinajstić information content (AvgIpc) is 2.86. The molecule has 0 amide bonds. The van der Waals surface area contributed by atoms with Gasteiger partial charge in [0.2, 0.25) is 5.88 Å². The van der Waals surface area contributed by atoms with E-state index in [4.69, 9.17) is 5.10 Å². The molecule has 0 atom stereocenters. The Morgan fingerprint density at radius 2 is 1.71 bits per heavy atom. The van der Waals surface area contributed by atoms with Crippen LogP contribution in [-0.2, 0) is 6.42 Å². The minimum Gasteiger partial charge on any atom is -0.493 e. The van der Waals surface area contributed by atoms with E-state index in [-0.39, 0.29) is 5.88 Å². The van der Waals surface area contributed by atoms with Crippen molar-refractivity contribution in [1.29, 1.82) is 0 Å². The number of rotatable bonds is 4. The minimum atomic E-state index is 0.208. The maximum Gasteiger partial charge on any atom is 0.222 e. The van der Waals surface area contributed by atoms with Gasteiger partial charge in [-0.1, -0.05) is 50.2 Å².